The van der Waals surface area contributed by atoms with E-state index in [1.165, 1.54) is 0 Å². The van der Waals surface area contributed by atoms with E-state index in [0.29, 0.717) is 0 Å². The number of carbonyl (C=O) groups excluding carboxylic acids is 1. The van der Waals surface area contributed by atoms with E-state index < -0.39 is 0 Å². The van der Waals surface area contributed by atoms with Gasteiger partial charge in [0.2, 0.25) is 5.91 Å². The van der Waals surface area contributed by atoms with Crippen molar-refractivity contribution in [3.05, 3.63) is 17.0 Å². The highest BCUT2D eigenvalue weighted by Crippen LogP contribution is 2.09. The minimum absolute atomic E-state index is 0.206. The lowest BCUT2D eigenvalue weighted by atomic mass is 10.1. The number of aromatic nitrogens is 2. The van der Waals surface area contributed by atoms with Gasteiger partial charge < -0.3 is 0 Å². The first kappa shape index (κ1) is 8.73. The summed E-state index contributed by atoms with van der Waals surface area (Å²) in [6, 6.07) is 0. The second kappa shape index (κ2) is 3.36. The second-order valence-electron chi connectivity index (χ2n) is 2.66. The van der Waals surface area contributed by atoms with Crippen molar-refractivity contribution in [1.82, 2.24) is 15.6 Å². The van der Waals surface area contributed by atoms with Crippen molar-refractivity contribution in [3.63, 3.8) is 0 Å². The molecule has 1 rings (SSSR count). The summed E-state index contributed by atoms with van der Waals surface area (Å²) in [5.74, 6) is 4.75. The zero-order chi connectivity index (χ0) is 9.14. The molecule has 1 amide bonds. The van der Waals surface area contributed by atoms with Crippen molar-refractivity contribution < 1.29 is 4.79 Å². The van der Waals surface area contributed by atoms with Gasteiger partial charge in [-0.2, -0.15) is 5.10 Å². The maximum atomic E-state index is 10.9. The van der Waals surface area contributed by atoms with Gasteiger partial charge in [-0.05, 0) is 13.8 Å². The first-order chi connectivity index (χ1) is 5.65. The van der Waals surface area contributed by atoms with Gasteiger partial charge in [-0.25, -0.2) is 5.84 Å². The van der Waals surface area contributed by atoms with Crippen LogP contribution < -0.4 is 11.3 Å². The first-order valence-corrected chi connectivity index (χ1v) is 3.65. The van der Waals surface area contributed by atoms with Crippen LogP contribution in [0.25, 0.3) is 0 Å². The maximum absolute atomic E-state index is 10.9. The van der Waals surface area contributed by atoms with Gasteiger partial charge >= 0.3 is 0 Å². The third-order valence-corrected chi connectivity index (χ3v) is 1.78. The van der Waals surface area contributed by atoms with Crippen LogP contribution in [0.1, 0.15) is 17.0 Å². The molecular weight excluding hydrogens is 156 g/mol. The summed E-state index contributed by atoms with van der Waals surface area (Å²) in [6.45, 7) is 3.72. The molecule has 5 nitrogen and oxygen atoms in total. The third-order valence-electron chi connectivity index (χ3n) is 1.78. The minimum atomic E-state index is -0.206. The number of hydrazine groups is 1. The number of rotatable bonds is 2. The quantitative estimate of drug-likeness (QED) is 0.318. The fraction of sp³-hybridized carbons (Fsp3) is 0.429. The van der Waals surface area contributed by atoms with Gasteiger partial charge in [0.1, 0.15) is 0 Å². The minimum Gasteiger partial charge on any atom is -0.294 e. The Morgan fingerprint density at radius 2 is 2.33 bits per heavy atom. The van der Waals surface area contributed by atoms with Crippen LogP contribution in [-0.2, 0) is 11.2 Å². The Morgan fingerprint density at radius 3 is 2.75 bits per heavy atom. The molecule has 0 atom stereocenters. The maximum Gasteiger partial charge on any atom is 0.238 e. The molecule has 0 aliphatic rings. The number of nitrogens with two attached hydrogens (primary N) is 1. The Morgan fingerprint density at radius 1 is 1.67 bits per heavy atom. The van der Waals surface area contributed by atoms with Crippen LogP contribution in [0.2, 0.25) is 0 Å². The Kier molecular flexibility index (Phi) is 2.44. The van der Waals surface area contributed by atoms with Crippen LogP contribution in [0, 0.1) is 13.8 Å². The number of amides is 1. The fourth-order valence-corrected chi connectivity index (χ4v) is 1.05. The predicted molar refractivity (Wildman–Crippen MR) is 44.1 cm³/mol. The number of hydrogen-bond donors (Lipinski definition) is 3. The molecule has 0 radical (unpaired) electrons. The van der Waals surface area contributed by atoms with E-state index in [-0.39, 0.29) is 12.3 Å². The molecule has 0 aromatic carbocycles. The molecular formula is C7H12N4O. The van der Waals surface area contributed by atoms with E-state index in [1.54, 1.807) is 0 Å². The van der Waals surface area contributed by atoms with Crippen molar-refractivity contribution >= 4 is 5.91 Å². The van der Waals surface area contributed by atoms with E-state index in [2.05, 4.69) is 15.6 Å². The van der Waals surface area contributed by atoms with Gasteiger partial charge in [-0.15, -0.1) is 0 Å². The van der Waals surface area contributed by atoms with Gasteiger partial charge in [-0.3, -0.25) is 15.3 Å². The van der Waals surface area contributed by atoms with Crippen LogP contribution >= 0.6 is 0 Å². The molecule has 1 aromatic rings. The monoisotopic (exact) mass is 168 g/mol. The van der Waals surface area contributed by atoms with Gasteiger partial charge in [0.05, 0.1) is 12.1 Å². The number of nitrogens with one attached hydrogen (secondary N) is 2. The average molecular weight is 168 g/mol. The summed E-state index contributed by atoms with van der Waals surface area (Å²) in [6.07, 6.45) is 0.282. The summed E-state index contributed by atoms with van der Waals surface area (Å²) >= 11 is 0. The molecule has 66 valence electrons. The average Bonchev–Trinajstić information content (AvgIpc) is 2.35. The molecule has 0 spiro atoms. The molecule has 0 fully saturated rings. The summed E-state index contributed by atoms with van der Waals surface area (Å²) in [5.41, 5.74) is 4.75. The second-order valence-corrected chi connectivity index (χ2v) is 2.66. The summed E-state index contributed by atoms with van der Waals surface area (Å²) < 4.78 is 0. The van der Waals surface area contributed by atoms with Crippen molar-refractivity contribution in [3.8, 4) is 0 Å². The third kappa shape index (κ3) is 1.62. The van der Waals surface area contributed by atoms with Crippen LogP contribution in [0.5, 0.6) is 0 Å². The number of aryl methyl sites for hydroxylation is 2. The van der Waals surface area contributed by atoms with Crippen LogP contribution in [-0.4, -0.2) is 16.1 Å². The molecule has 1 heterocycles. The molecule has 12 heavy (non-hydrogen) atoms. The van der Waals surface area contributed by atoms with Crippen LogP contribution in [0.3, 0.4) is 0 Å². The van der Waals surface area contributed by atoms with E-state index in [4.69, 9.17) is 5.84 Å². The Labute approximate surface area is 70.3 Å². The Hall–Kier alpha value is -1.36. The van der Waals surface area contributed by atoms with Gasteiger partial charge in [0.15, 0.2) is 0 Å². The largest absolute Gasteiger partial charge is 0.294 e. The van der Waals surface area contributed by atoms with E-state index in [1.807, 2.05) is 13.8 Å². The number of aromatic amines is 1. The summed E-state index contributed by atoms with van der Waals surface area (Å²) in [7, 11) is 0. The highest BCUT2D eigenvalue weighted by atomic mass is 16.2. The number of H-pyrrole nitrogens is 1. The number of hydrogen-bond acceptors (Lipinski definition) is 3. The van der Waals surface area contributed by atoms with E-state index in [9.17, 15) is 4.79 Å². The SMILES string of the molecule is Cc1n[nH]c(C)c1CC(=O)NN. The molecule has 0 bridgehead atoms. The Bertz CT molecular complexity index is 272. The summed E-state index contributed by atoms with van der Waals surface area (Å²) in [5, 5.41) is 6.75. The zero-order valence-electron chi connectivity index (χ0n) is 7.14. The van der Waals surface area contributed by atoms with E-state index in [0.717, 1.165) is 17.0 Å². The molecule has 0 saturated heterocycles. The zero-order valence-corrected chi connectivity index (χ0v) is 7.14. The lowest BCUT2D eigenvalue weighted by molar-refractivity contribution is -0.120. The molecule has 0 saturated carbocycles. The standard InChI is InChI=1S/C7H12N4O/c1-4-6(3-7(12)9-8)5(2)11-10-4/h3,8H2,1-2H3,(H,9,12)(H,10,11). The highest BCUT2D eigenvalue weighted by Gasteiger charge is 2.09. The molecule has 1 aromatic heterocycles. The van der Waals surface area contributed by atoms with E-state index >= 15 is 0 Å². The smallest absolute Gasteiger partial charge is 0.238 e. The lowest BCUT2D eigenvalue weighted by Crippen LogP contribution is -2.31. The van der Waals surface area contributed by atoms with Crippen molar-refractivity contribution in [2.75, 3.05) is 0 Å². The molecule has 0 aliphatic heterocycles. The van der Waals surface area contributed by atoms with Crippen molar-refractivity contribution in [2.24, 2.45) is 5.84 Å². The lowest BCUT2D eigenvalue weighted by Gasteiger charge is -1.98. The van der Waals surface area contributed by atoms with Gasteiger partial charge in [-0.1, -0.05) is 0 Å². The van der Waals surface area contributed by atoms with Crippen LogP contribution in [0.15, 0.2) is 0 Å². The van der Waals surface area contributed by atoms with Gasteiger partial charge in [0.25, 0.3) is 0 Å². The number of carbonyl (C=O) groups is 1. The number of nitrogens with zero attached hydrogens (tertiary/aromatic N) is 1. The molecule has 4 N–H and O–H groups in total. The molecule has 5 heteroatoms. The van der Waals surface area contributed by atoms with Gasteiger partial charge in [0, 0.05) is 11.3 Å². The molecule has 0 unspecified atom stereocenters. The van der Waals surface area contributed by atoms with Crippen molar-refractivity contribution in [2.45, 2.75) is 20.3 Å². The highest BCUT2D eigenvalue weighted by molar-refractivity contribution is 5.78. The topological polar surface area (TPSA) is 83.8 Å². The predicted octanol–water partition coefficient (Wildman–Crippen LogP) is -0.441. The molecule has 0 aliphatic carbocycles. The Balaban J connectivity index is 2.80. The first-order valence-electron chi connectivity index (χ1n) is 3.65. The normalized spacial score (nSPS) is 9.92. The summed E-state index contributed by atoms with van der Waals surface area (Å²) in [4.78, 5) is 10.9. The van der Waals surface area contributed by atoms with Crippen LogP contribution in [0.4, 0.5) is 0 Å². The fourth-order valence-electron chi connectivity index (χ4n) is 1.05. The van der Waals surface area contributed by atoms with Crippen molar-refractivity contribution in [1.29, 1.82) is 0 Å².